The van der Waals surface area contributed by atoms with Crippen molar-refractivity contribution in [3.8, 4) is 0 Å². The first kappa shape index (κ1) is 30.2. The molecule has 4 aromatic rings. The van der Waals surface area contributed by atoms with Crippen molar-refractivity contribution in [2.75, 3.05) is 4.90 Å². The maximum atomic E-state index is 3.00. The van der Waals surface area contributed by atoms with Gasteiger partial charge < -0.3 is 4.90 Å². The molecular formula is C48H46N2. The molecule has 10 rings (SSSR count). The summed E-state index contributed by atoms with van der Waals surface area (Å²) in [5.74, 6) is 1.89. The number of allylic oxidation sites excluding steroid dienone is 5. The van der Waals surface area contributed by atoms with Crippen molar-refractivity contribution in [2.45, 2.75) is 74.5 Å². The van der Waals surface area contributed by atoms with Gasteiger partial charge >= 0.3 is 0 Å². The first-order valence-electron chi connectivity index (χ1n) is 19.1. The lowest BCUT2D eigenvalue weighted by Gasteiger charge is -2.42. The third-order valence-electron chi connectivity index (χ3n) is 12.8. The molecule has 8 unspecified atom stereocenters. The molecule has 248 valence electrons. The molecule has 0 spiro atoms. The Hall–Kier alpha value is -4.66. The van der Waals surface area contributed by atoms with Crippen molar-refractivity contribution in [3.05, 3.63) is 180 Å². The van der Waals surface area contributed by atoms with Gasteiger partial charge in [0.1, 0.15) is 0 Å². The van der Waals surface area contributed by atoms with E-state index in [0.29, 0.717) is 47.8 Å². The molecule has 2 heteroatoms. The highest BCUT2D eigenvalue weighted by molar-refractivity contribution is 5.90. The Morgan fingerprint density at radius 3 is 2.18 bits per heavy atom. The minimum absolute atomic E-state index is 0.417. The average Bonchev–Trinajstić information content (AvgIpc) is 3.71. The summed E-state index contributed by atoms with van der Waals surface area (Å²) in [5, 5.41) is 0. The van der Waals surface area contributed by atoms with Crippen LogP contribution < -0.4 is 4.90 Å². The van der Waals surface area contributed by atoms with Gasteiger partial charge in [-0.1, -0.05) is 146 Å². The molecule has 0 radical (unpaired) electrons. The van der Waals surface area contributed by atoms with Crippen molar-refractivity contribution >= 4 is 22.5 Å². The SMILES string of the molecule is C1=CC2c3cccc(C4=CC5C6C=CCCC6N(C6CC(c7ccccc7)=CC(c7ccccc7)C6)C5C=C4)c3N(c3ccccc3)C2CC1. The molecule has 1 fully saturated rings. The Bertz CT molecular complexity index is 2020. The van der Waals surface area contributed by atoms with Gasteiger partial charge in [0.15, 0.2) is 0 Å². The summed E-state index contributed by atoms with van der Waals surface area (Å²) in [5.41, 5.74) is 11.4. The molecule has 0 saturated carbocycles. The highest BCUT2D eigenvalue weighted by Crippen LogP contribution is 2.54. The Balaban J connectivity index is 1.03. The van der Waals surface area contributed by atoms with Crippen LogP contribution >= 0.6 is 0 Å². The number of hydrogen-bond donors (Lipinski definition) is 0. The summed E-state index contributed by atoms with van der Waals surface area (Å²) < 4.78 is 0. The Morgan fingerprint density at radius 1 is 0.620 bits per heavy atom. The van der Waals surface area contributed by atoms with Crippen LogP contribution in [0, 0.1) is 11.8 Å². The standard InChI is InChI=1S/C48H46N2/c1-4-15-33(16-5-1)36-29-37(34-17-6-2-7-18-34)31-39(30-36)49-45-25-12-11-22-42(45)44-32-35(27-28-47(44)49)40-23-14-24-43-41-21-10-13-26-46(41)50(48(40)43)38-19-8-3-9-20-38/h1-11,14-24,27-29,32,36,39,41-42,44-47H,12-13,25-26,30-31H2. The van der Waals surface area contributed by atoms with E-state index in [9.17, 15) is 0 Å². The summed E-state index contributed by atoms with van der Waals surface area (Å²) in [6.45, 7) is 0. The van der Waals surface area contributed by atoms with Gasteiger partial charge in [-0.05, 0) is 78.5 Å². The number of likely N-dealkylation sites (tertiary alicyclic amines) is 1. The summed E-state index contributed by atoms with van der Waals surface area (Å²) in [6, 6.07) is 42.6. The zero-order valence-corrected chi connectivity index (χ0v) is 28.8. The number of rotatable bonds is 5. The number of anilines is 2. The monoisotopic (exact) mass is 650 g/mol. The first-order valence-corrected chi connectivity index (χ1v) is 19.1. The van der Waals surface area contributed by atoms with Gasteiger partial charge in [0.25, 0.3) is 0 Å². The van der Waals surface area contributed by atoms with E-state index in [0.717, 1.165) is 12.8 Å². The second kappa shape index (κ2) is 12.6. The lowest BCUT2D eigenvalue weighted by atomic mass is 9.78. The lowest BCUT2D eigenvalue weighted by Crippen LogP contribution is -2.47. The fourth-order valence-corrected chi connectivity index (χ4v) is 10.7. The summed E-state index contributed by atoms with van der Waals surface area (Å²) >= 11 is 0. The molecule has 0 aromatic heterocycles. The van der Waals surface area contributed by atoms with E-state index in [-0.39, 0.29) is 0 Å². The fourth-order valence-electron chi connectivity index (χ4n) is 10.7. The first-order chi connectivity index (χ1) is 24.8. The number of hydrogen-bond acceptors (Lipinski definition) is 2. The smallest absolute Gasteiger partial charge is 0.0532 e. The largest absolute Gasteiger partial charge is 0.337 e. The zero-order valence-electron chi connectivity index (χ0n) is 28.8. The highest BCUT2D eigenvalue weighted by atomic mass is 15.3. The van der Waals surface area contributed by atoms with Gasteiger partial charge in [0.2, 0.25) is 0 Å². The normalized spacial score (nSPS) is 31.0. The molecule has 4 aromatic carbocycles. The Labute approximate surface area is 297 Å². The van der Waals surface area contributed by atoms with E-state index >= 15 is 0 Å². The van der Waals surface area contributed by atoms with Gasteiger partial charge in [-0.25, -0.2) is 0 Å². The quantitative estimate of drug-likeness (QED) is 0.198. The van der Waals surface area contributed by atoms with E-state index in [4.69, 9.17) is 0 Å². The van der Waals surface area contributed by atoms with Crippen molar-refractivity contribution < 1.29 is 0 Å². The highest BCUT2D eigenvalue weighted by Gasteiger charge is 2.50. The molecule has 2 nitrogen and oxygen atoms in total. The van der Waals surface area contributed by atoms with Crippen LogP contribution in [0.25, 0.3) is 11.1 Å². The summed E-state index contributed by atoms with van der Waals surface area (Å²) in [4.78, 5) is 5.69. The Kier molecular flexibility index (Phi) is 7.60. The molecule has 1 saturated heterocycles. The topological polar surface area (TPSA) is 6.48 Å². The third-order valence-corrected chi connectivity index (χ3v) is 12.8. The number of benzene rings is 4. The van der Waals surface area contributed by atoms with Crippen LogP contribution in [0.1, 0.15) is 72.6 Å². The number of fused-ring (bicyclic) bond motifs is 6. The van der Waals surface area contributed by atoms with Crippen LogP contribution in [0.5, 0.6) is 0 Å². The van der Waals surface area contributed by atoms with Gasteiger partial charge in [-0.3, -0.25) is 4.90 Å². The minimum Gasteiger partial charge on any atom is -0.337 e. The van der Waals surface area contributed by atoms with Crippen molar-refractivity contribution in [1.82, 2.24) is 4.90 Å². The van der Waals surface area contributed by atoms with E-state index in [1.165, 1.54) is 70.5 Å². The van der Waals surface area contributed by atoms with Gasteiger partial charge in [0, 0.05) is 59.1 Å². The van der Waals surface area contributed by atoms with Crippen LogP contribution in [0.3, 0.4) is 0 Å². The Morgan fingerprint density at radius 2 is 1.36 bits per heavy atom. The molecule has 4 aliphatic carbocycles. The second-order valence-electron chi connectivity index (χ2n) is 15.4. The van der Waals surface area contributed by atoms with Gasteiger partial charge in [-0.2, -0.15) is 0 Å². The fraction of sp³-hybridized carbons (Fsp3) is 0.292. The zero-order chi connectivity index (χ0) is 33.0. The van der Waals surface area contributed by atoms with E-state index in [1.807, 2.05) is 0 Å². The van der Waals surface area contributed by atoms with Crippen molar-refractivity contribution in [2.24, 2.45) is 11.8 Å². The van der Waals surface area contributed by atoms with Crippen LogP contribution in [0.15, 0.2) is 158 Å². The van der Waals surface area contributed by atoms with E-state index in [1.54, 1.807) is 0 Å². The maximum Gasteiger partial charge on any atom is 0.0532 e. The second-order valence-corrected chi connectivity index (χ2v) is 15.4. The molecular weight excluding hydrogens is 605 g/mol. The predicted octanol–water partition coefficient (Wildman–Crippen LogP) is 11.3. The maximum absolute atomic E-state index is 3.00. The molecule has 0 bridgehead atoms. The molecule has 2 heterocycles. The van der Waals surface area contributed by atoms with Gasteiger partial charge in [0.05, 0.1) is 5.69 Å². The number of nitrogens with zero attached hydrogens (tertiary/aromatic N) is 2. The van der Waals surface area contributed by atoms with Gasteiger partial charge in [-0.15, -0.1) is 0 Å². The summed E-state index contributed by atoms with van der Waals surface area (Å²) in [7, 11) is 0. The van der Waals surface area contributed by atoms with Crippen molar-refractivity contribution in [1.29, 1.82) is 0 Å². The van der Waals surface area contributed by atoms with E-state index in [2.05, 4.69) is 168 Å². The summed E-state index contributed by atoms with van der Waals surface area (Å²) in [6.07, 6.45) is 27.4. The molecule has 0 N–H and O–H groups in total. The number of para-hydroxylation sites is 2. The lowest BCUT2D eigenvalue weighted by molar-refractivity contribution is 0.121. The van der Waals surface area contributed by atoms with Crippen LogP contribution in [0.4, 0.5) is 11.4 Å². The van der Waals surface area contributed by atoms with Crippen molar-refractivity contribution in [3.63, 3.8) is 0 Å². The molecule has 2 aliphatic heterocycles. The van der Waals surface area contributed by atoms with Crippen LogP contribution in [-0.4, -0.2) is 29.1 Å². The molecule has 0 amide bonds. The van der Waals surface area contributed by atoms with Crippen LogP contribution in [0.2, 0.25) is 0 Å². The molecule has 50 heavy (non-hydrogen) atoms. The third kappa shape index (κ3) is 5.03. The van der Waals surface area contributed by atoms with E-state index < -0.39 is 0 Å². The average molecular weight is 651 g/mol. The minimum atomic E-state index is 0.417. The van der Waals surface area contributed by atoms with Crippen LogP contribution in [-0.2, 0) is 0 Å². The predicted molar refractivity (Wildman–Crippen MR) is 208 cm³/mol. The molecule has 8 atom stereocenters. The molecule has 6 aliphatic rings.